The van der Waals surface area contributed by atoms with Crippen molar-refractivity contribution in [3.05, 3.63) is 57.7 Å². The second-order valence-electron chi connectivity index (χ2n) is 4.24. The third kappa shape index (κ3) is 2.14. The van der Waals surface area contributed by atoms with Crippen molar-refractivity contribution in [2.24, 2.45) is 0 Å². The summed E-state index contributed by atoms with van der Waals surface area (Å²) in [6.45, 7) is 0.231. The molecule has 3 aromatic rings. The van der Waals surface area contributed by atoms with Crippen molar-refractivity contribution in [3.8, 4) is 0 Å². The van der Waals surface area contributed by atoms with Crippen LogP contribution in [0.2, 0.25) is 5.02 Å². The monoisotopic (exact) mass is 289 g/mol. The number of nitrogens with one attached hydrogen (secondary N) is 1. The number of pyridine rings is 2. The highest BCUT2D eigenvalue weighted by molar-refractivity contribution is 6.31. The molecule has 0 radical (unpaired) electrons. The van der Waals surface area contributed by atoms with Crippen molar-refractivity contribution in [2.75, 3.05) is 12.4 Å². The first kappa shape index (κ1) is 12.7. The van der Waals surface area contributed by atoms with Gasteiger partial charge in [-0.3, -0.25) is 4.40 Å². The van der Waals surface area contributed by atoms with Crippen LogP contribution in [0.5, 0.6) is 0 Å². The molecular weight excluding hydrogens is 278 g/mol. The molecule has 102 valence electrons. The highest BCUT2D eigenvalue weighted by Crippen LogP contribution is 2.17. The molecule has 0 unspecified atom stereocenters. The third-order valence-corrected chi connectivity index (χ3v) is 3.31. The van der Waals surface area contributed by atoms with E-state index in [0.717, 1.165) is 0 Å². The molecule has 3 aromatic heterocycles. The average molecular weight is 290 g/mol. The zero-order valence-corrected chi connectivity index (χ0v) is 11.5. The Balaban J connectivity index is 2.05. The molecule has 0 fully saturated rings. The summed E-state index contributed by atoms with van der Waals surface area (Å²) in [5, 5.41) is 7.70. The summed E-state index contributed by atoms with van der Waals surface area (Å²) in [5.74, 6) is 0.696. The van der Waals surface area contributed by atoms with Crippen molar-refractivity contribution >= 4 is 23.1 Å². The van der Waals surface area contributed by atoms with Gasteiger partial charge in [0.15, 0.2) is 5.65 Å². The van der Waals surface area contributed by atoms with Gasteiger partial charge < -0.3 is 5.32 Å². The van der Waals surface area contributed by atoms with Crippen molar-refractivity contribution < 1.29 is 0 Å². The summed E-state index contributed by atoms with van der Waals surface area (Å²) in [4.78, 5) is 16.5. The van der Waals surface area contributed by atoms with E-state index in [1.54, 1.807) is 37.5 Å². The minimum absolute atomic E-state index is 0.215. The van der Waals surface area contributed by atoms with E-state index >= 15 is 0 Å². The van der Waals surface area contributed by atoms with Crippen molar-refractivity contribution in [1.82, 2.24) is 19.2 Å². The van der Waals surface area contributed by atoms with Gasteiger partial charge in [-0.15, -0.1) is 5.10 Å². The summed E-state index contributed by atoms with van der Waals surface area (Å²) < 4.78 is 2.83. The summed E-state index contributed by atoms with van der Waals surface area (Å²) in [6, 6.07) is 8.91. The van der Waals surface area contributed by atoms with Gasteiger partial charge >= 0.3 is 5.69 Å². The lowest BCUT2D eigenvalue weighted by Crippen LogP contribution is -2.22. The topological polar surface area (TPSA) is 64.2 Å². The molecule has 0 aliphatic carbocycles. The van der Waals surface area contributed by atoms with Gasteiger partial charge in [0.2, 0.25) is 0 Å². The van der Waals surface area contributed by atoms with E-state index in [1.807, 2.05) is 6.07 Å². The predicted molar refractivity (Wildman–Crippen MR) is 77.3 cm³/mol. The second kappa shape index (κ2) is 4.97. The highest BCUT2D eigenvalue weighted by Gasteiger charge is 2.10. The molecule has 0 atom stereocenters. The third-order valence-electron chi connectivity index (χ3n) is 2.96. The molecule has 6 nitrogen and oxygen atoms in total. The van der Waals surface area contributed by atoms with Crippen LogP contribution in [0, 0.1) is 0 Å². The van der Waals surface area contributed by atoms with Crippen LogP contribution < -0.4 is 11.0 Å². The number of fused-ring (bicyclic) bond motifs is 1. The van der Waals surface area contributed by atoms with Gasteiger partial charge in [0.05, 0.1) is 17.3 Å². The number of nitrogens with zero attached hydrogens (tertiary/aromatic N) is 4. The maximum absolute atomic E-state index is 12.2. The van der Waals surface area contributed by atoms with Crippen LogP contribution >= 0.6 is 11.6 Å². The Kier molecular flexibility index (Phi) is 3.15. The molecule has 0 aliphatic rings. The Morgan fingerprint density at radius 2 is 2.15 bits per heavy atom. The van der Waals surface area contributed by atoms with Crippen LogP contribution in [0.3, 0.4) is 0 Å². The van der Waals surface area contributed by atoms with E-state index in [2.05, 4.69) is 15.4 Å². The predicted octanol–water partition coefficient (Wildman–Crippen LogP) is 1.63. The van der Waals surface area contributed by atoms with Gasteiger partial charge in [-0.25, -0.2) is 14.5 Å². The van der Waals surface area contributed by atoms with Gasteiger partial charge in [0.1, 0.15) is 5.82 Å². The molecule has 0 saturated heterocycles. The molecule has 0 bridgehead atoms. The lowest BCUT2D eigenvalue weighted by Gasteiger charge is -2.05. The molecule has 3 heterocycles. The lowest BCUT2D eigenvalue weighted by molar-refractivity contribution is 0.647. The molecule has 0 aromatic carbocycles. The first-order valence-corrected chi connectivity index (χ1v) is 6.44. The minimum Gasteiger partial charge on any atom is -0.373 e. The Hall–Kier alpha value is -2.34. The van der Waals surface area contributed by atoms with E-state index in [9.17, 15) is 4.79 Å². The van der Waals surface area contributed by atoms with Crippen LogP contribution in [0.25, 0.3) is 5.65 Å². The van der Waals surface area contributed by atoms with Gasteiger partial charge in [-0.1, -0.05) is 17.7 Å². The Bertz CT molecular complexity index is 823. The van der Waals surface area contributed by atoms with E-state index < -0.39 is 0 Å². The average Bonchev–Trinajstić information content (AvgIpc) is 2.78. The van der Waals surface area contributed by atoms with Gasteiger partial charge in [-0.2, -0.15) is 0 Å². The normalized spacial score (nSPS) is 10.9. The van der Waals surface area contributed by atoms with E-state index in [4.69, 9.17) is 11.6 Å². The Morgan fingerprint density at radius 3 is 2.90 bits per heavy atom. The van der Waals surface area contributed by atoms with Crippen LogP contribution in [0.15, 0.2) is 41.3 Å². The zero-order chi connectivity index (χ0) is 14.1. The Morgan fingerprint density at radius 1 is 1.30 bits per heavy atom. The van der Waals surface area contributed by atoms with Crippen molar-refractivity contribution in [3.63, 3.8) is 0 Å². The lowest BCUT2D eigenvalue weighted by atomic mass is 10.3. The quantitative estimate of drug-likeness (QED) is 0.796. The molecule has 7 heteroatoms. The van der Waals surface area contributed by atoms with E-state index in [-0.39, 0.29) is 12.2 Å². The molecule has 3 rings (SSSR count). The largest absolute Gasteiger partial charge is 0.373 e. The highest BCUT2D eigenvalue weighted by atomic mass is 35.5. The summed E-state index contributed by atoms with van der Waals surface area (Å²) in [6.07, 6.45) is 1.68. The van der Waals surface area contributed by atoms with Gasteiger partial charge in [0.25, 0.3) is 0 Å². The summed E-state index contributed by atoms with van der Waals surface area (Å²) >= 11 is 6.11. The minimum atomic E-state index is -0.215. The number of anilines is 1. The maximum Gasteiger partial charge on any atom is 0.350 e. The zero-order valence-electron chi connectivity index (χ0n) is 10.7. The van der Waals surface area contributed by atoms with Crippen LogP contribution in [0.1, 0.15) is 5.69 Å². The fraction of sp³-hybridized carbons (Fsp3) is 0.154. The first-order chi connectivity index (χ1) is 9.69. The standard InChI is InChI=1S/C13H12ClN5O/c1-15-11-6-5-9(14)10(16-11)8-19-13(20)18-7-3-2-4-12(18)17-19/h2-7H,8H2,1H3,(H,15,16). The fourth-order valence-corrected chi connectivity index (χ4v) is 2.11. The number of halogens is 1. The number of hydrogen-bond acceptors (Lipinski definition) is 4. The molecular formula is C13H12ClN5O. The summed E-state index contributed by atoms with van der Waals surface area (Å²) in [7, 11) is 1.77. The van der Waals surface area contributed by atoms with Crippen molar-refractivity contribution in [1.29, 1.82) is 0 Å². The molecule has 0 aliphatic heterocycles. The second-order valence-corrected chi connectivity index (χ2v) is 4.65. The van der Waals surface area contributed by atoms with E-state index in [0.29, 0.717) is 22.2 Å². The first-order valence-electron chi connectivity index (χ1n) is 6.06. The molecule has 1 N–H and O–H groups in total. The molecule has 0 amide bonds. The number of hydrogen-bond donors (Lipinski definition) is 1. The SMILES string of the molecule is CNc1ccc(Cl)c(Cn2nc3ccccn3c2=O)n1. The smallest absolute Gasteiger partial charge is 0.350 e. The maximum atomic E-state index is 12.2. The number of rotatable bonds is 3. The number of aromatic nitrogens is 4. The Labute approximate surface area is 119 Å². The fourth-order valence-electron chi connectivity index (χ4n) is 1.95. The van der Waals surface area contributed by atoms with Crippen LogP contribution in [0.4, 0.5) is 5.82 Å². The van der Waals surface area contributed by atoms with Crippen molar-refractivity contribution in [2.45, 2.75) is 6.54 Å². The molecule has 0 spiro atoms. The van der Waals surface area contributed by atoms with Gasteiger partial charge in [-0.05, 0) is 24.3 Å². The van der Waals surface area contributed by atoms with Gasteiger partial charge in [0, 0.05) is 13.2 Å². The summed E-state index contributed by atoms with van der Waals surface area (Å²) in [5.41, 5.74) is 0.982. The van der Waals surface area contributed by atoms with E-state index in [1.165, 1.54) is 9.08 Å². The molecule has 20 heavy (non-hydrogen) atoms. The molecule has 0 saturated carbocycles. The van der Waals surface area contributed by atoms with Crippen LogP contribution in [-0.4, -0.2) is 26.2 Å². The van der Waals surface area contributed by atoms with Crippen LogP contribution in [-0.2, 0) is 6.54 Å².